The van der Waals surface area contributed by atoms with Gasteiger partial charge in [-0.1, -0.05) is 18.2 Å². The lowest BCUT2D eigenvalue weighted by molar-refractivity contribution is -0.274. The number of aromatic nitrogens is 1. The molecule has 30 heavy (non-hydrogen) atoms. The lowest BCUT2D eigenvalue weighted by Crippen LogP contribution is -2.35. The predicted octanol–water partition coefficient (Wildman–Crippen LogP) is 4.10. The van der Waals surface area contributed by atoms with Crippen molar-refractivity contribution in [3.8, 4) is 5.75 Å². The molecule has 0 fully saturated rings. The Morgan fingerprint density at radius 3 is 2.50 bits per heavy atom. The van der Waals surface area contributed by atoms with Crippen molar-refractivity contribution in [1.82, 2.24) is 9.88 Å². The van der Waals surface area contributed by atoms with Gasteiger partial charge < -0.3 is 19.9 Å². The summed E-state index contributed by atoms with van der Waals surface area (Å²) in [5.41, 5.74) is 2.33. The molecule has 2 aromatic carbocycles. The number of amides is 2. The number of hydrogen-bond acceptors (Lipinski definition) is 3. The van der Waals surface area contributed by atoms with Gasteiger partial charge in [0.1, 0.15) is 5.75 Å². The van der Waals surface area contributed by atoms with Crippen molar-refractivity contribution < 1.29 is 27.5 Å². The number of anilines is 1. The molecule has 2 amide bonds. The molecule has 1 heterocycles. The normalized spacial score (nSPS) is 11.3. The van der Waals surface area contributed by atoms with E-state index in [9.17, 15) is 22.8 Å². The average molecular weight is 419 g/mol. The number of nitrogens with zero attached hydrogens (tertiary/aromatic N) is 1. The third-order valence-electron chi connectivity index (χ3n) is 4.46. The minimum atomic E-state index is -4.78. The highest BCUT2D eigenvalue weighted by molar-refractivity contribution is 5.94. The number of hydrogen-bond donors (Lipinski definition) is 2. The Labute approximate surface area is 170 Å². The van der Waals surface area contributed by atoms with Crippen molar-refractivity contribution in [2.24, 2.45) is 0 Å². The molecule has 0 aliphatic rings. The molecule has 0 aliphatic carbocycles. The first-order valence-corrected chi connectivity index (χ1v) is 9.16. The maximum atomic E-state index is 12.4. The van der Waals surface area contributed by atoms with Gasteiger partial charge in [-0.2, -0.15) is 0 Å². The standard InChI is InChI=1S/C21H20F3N3O3/c1-27(20(29)11-6-14-12-25-18-5-3-2-4-17(14)18)13-19(28)26-15-7-9-16(10-8-15)30-21(22,23)24/h2-5,7-10,12,25H,6,11,13H2,1H3,(H,26,28). The van der Waals surface area contributed by atoms with Gasteiger partial charge in [-0.25, -0.2) is 0 Å². The molecule has 3 rings (SSSR count). The number of fused-ring (bicyclic) bond motifs is 1. The number of H-pyrrole nitrogens is 1. The van der Waals surface area contributed by atoms with Gasteiger partial charge in [-0.3, -0.25) is 9.59 Å². The molecule has 2 N–H and O–H groups in total. The third kappa shape index (κ3) is 5.76. The lowest BCUT2D eigenvalue weighted by atomic mass is 10.1. The third-order valence-corrected chi connectivity index (χ3v) is 4.46. The molecule has 0 saturated carbocycles. The number of benzene rings is 2. The monoisotopic (exact) mass is 419 g/mol. The Morgan fingerprint density at radius 2 is 1.80 bits per heavy atom. The number of alkyl halides is 3. The Morgan fingerprint density at radius 1 is 1.10 bits per heavy atom. The minimum absolute atomic E-state index is 0.173. The van der Waals surface area contributed by atoms with Crippen LogP contribution >= 0.6 is 0 Å². The second kappa shape index (κ2) is 8.89. The molecular formula is C21H20F3N3O3. The van der Waals surface area contributed by atoms with E-state index in [-0.39, 0.29) is 24.6 Å². The number of nitrogens with one attached hydrogen (secondary N) is 2. The fraction of sp³-hybridized carbons (Fsp3) is 0.238. The summed E-state index contributed by atoms with van der Waals surface area (Å²) >= 11 is 0. The molecule has 3 aromatic rings. The first-order valence-electron chi connectivity index (χ1n) is 9.16. The van der Waals surface area contributed by atoms with E-state index in [0.717, 1.165) is 28.6 Å². The maximum absolute atomic E-state index is 12.4. The molecule has 0 spiro atoms. The van der Waals surface area contributed by atoms with Crippen LogP contribution in [0.4, 0.5) is 18.9 Å². The maximum Gasteiger partial charge on any atom is 0.573 e. The van der Waals surface area contributed by atoms with Crippen LogP contribution in [0.1, 0.15) is 12.0 Å². The van der Waals surface area contributed by atoms with Gasteiger partial charge in [0.2, 0.25) is 11.8 Å². The van der Waals surface area contributed by atoms with E-state index >= 15 is 0 Å². The first-order chi connectivity index (χ1) is 14.2. The highest BCUT2D eigenvalue weighted by Gasteiger charge is 2.31. The number of likely N-dealkylation sites (N-methyl/N-ethyl adjacent to an activating group) is 1. The van der Waals surface area contributed by atoms with Gasteiger partial charge >= 0.3 is 6.36 Å². The van der Waals surface area contributed by atoms with Crippen LogP contribution in [0.15, 0.2) is 54.7 Å². The van der Waals surface area contributed by atoms with Crippen LogP contribution in [0.25, 0.3) is 10.9 Å². The summed E-state index contributed by atoms with van der Waals surface area (Å²) in [6.07, 6.45) is -2.12. The largest absolute Gasteiger partial charge is 0.573 e. The summed E-state index contributed by atoms with van der Waals surface area (Å²) < 4.78 is 40.3. The Balaban J connectivity index is 1.48. The van der Waals surface area contributed by atoms with Crippen LogP contribution < -0.4 is 10.1 Å². The van der Waals surface area contributed by atoms with Gasteiger partial charge in [0, 0.05) is 36.3 Å². The van der Waals surface area contributed by atoms with Gasteiger partial charge in [0.05, 0.1) is 6.54 Å². The van der Waals surface area contributed by atoms with Crippen molar-refractivity contribution in [2.75, 3.05) is 18.9 Å². The predicted molar refractivity (Wildman–Crippen MR) is 106 cm³/mol. The highest BCUT2D eigenvalue weighted by Crippen LogP contribution is 2.24. The number of carbonyl (C=O) groups is 2. The Hall–Kier alpha value is -3.49. The summed E-state index contributed by atoms with van der Waals surface area (Å²) in [4.78, 5) is 28.9. The number of halogens is 3. The number of ether oxygens (including phenoxy) is 1. The van der Waals surface area contributed by atoms with Gasteiger partial charge in [-0.05, 0) is 42.3 Å². The fourth-order valence-corrected chi connectivity index (χ4v) is 3.01. The molecule has 0 radical (unpaired) electrons. The van der Waals surface area contributed by atoms with E-state index in [4.69, 9.17) is 0 Å². The van der Waals surface area contributed by atoms with Crippen molar-refractivity contribution >= 4 is 28.4 Å². The van der Waals surface area contributed by atoms with E-state index in [2.05, 4.69) is 15.0 Å². The molecule has 0 atom stereocenters. The number of carbonyl (C=O) groups excluding carboxylic acids is 2. The molecule has 0 aliphatic heterocycles. The number of aromatic amines is 1. The van der Waals surface area contributed by atoms with Crippen LogP contribution in [0.2, 0.25) is 0 Å². The van der Waals surface area contributed by atoms with E-state index in [0.29, 0.717) is 12.1 Å². The minimum Gasteiger partial charge on any atom is -0.406 e. The Kier molecular flexibility index (Phi) is 6.29. The van der Waals surface area contributed by atoms with Gasteiger partial charge in [-0.15, -0.1) is 13.2 Å². The second-order valence-corrected chi connectivity index (χ2v) is 6.73. The fourth-order valence-electron chi connectivity index (χ4n) is 3.01. The zero-order valence-electron chi connectivity index (χ0n) is 16.1. The van der Waals surface area contributed by atoms with Crippen LogP contribution in [-0.2, 0) is 16.0 Å². The second-order valence-electron chi connectivity index (χ2n) is 6.73. The van der Waals surface area contributed by atoms with Crippen molar-refractivity contribution in [3.05, 3.63) is 60.3 Å². The summed E-state index contributed by atoms with van der Waals surface area (Å²) in [6, 6.07) is 12.6. The number of rotatable bonds is 7. The summed E-state index contributed by atoms with van der Waals surface area (Å²) in [5.74, 6) is -1.03. The first kappa shape index (κ1) is 21.2. The molecule has 0 saturated heterocycles. The lowest BCUT2D eigenvalue weighted by Gasteiger charge is -2.17. The topological polar surface area (TPSA) is 74.4 Å². The van der Waals surface area contributed by atoms with Crippen molar-refractivity contribution in [1.29, 1.82) is 0 Å². The zero-order valence-corrected chi connectivity index (χ0v) is 16.1. The number of aryl methyl sites for hydroxylation is 1. The molecule has 158 valence electrons. The summed E-state index contributed by atoms with van der Waals surface area (Å²) in [5, 5.41) is 3.60. The van der Waals surface area contributed by atoms with Crippen LogP contribution in [0, 0.1) is 0 Å². The highest BCUT2D eigenvalue weighted by atomic mass is 19.4. The molecular weight excluding hydrogens is 399 g/mol. The van der Waals surface area contributed by atoms with Crippen LogP contribution in [-0.4, -0.2) is 41.7 Å². The van der Waals surface area contributed by atoms with E-state index in [1.54, 1.807) is 0 Å². The Bertz CT molecular complexity index is 1030. The van der Waals surface area contributed by atoms with Crippen LogP contribution in [0.3, 0.4) is 0 Å². The average Bonchev–Trinajstić information content (AvgIpc) is 3.09. The molecule has 9 heteroatoms. The smallest absolute Gasteiger partial charge is 0.406 e. The molecule has 0 unspecified atom stereocenters. The zero-order chi connectivity index (χ0) is 21.7. The number of para-hydroxylation sites is 1. The molecule has 0 bridgehead atoms. The summed E-state index contributed by atoms with van der Waals surface area (Å²) in [7, 11) is 1.53. The van der Waals surface area contributed by atoms with Crippen molar-refractivity contribution in [3.63, 3.8) is 0 Å². The molecule has 6 nitrogen and oxygen atoms in total. The quantitative estimate of drug-likeness (QED) is 0.606. The van der Waals surface area contributed by atoms with E-state index < -0.39 is 12.3 Å². The summed E-state index contributed by atoms with van der Waals surface area (Å²) in [6.45, 7) is -0.173. The van der Waals surface area contributed by atoms with Crippen molar-refractivity contribution in [2.45, 2.75) is 19.2 Å². The van der Waals surface area contributed by atoms with E-state index in [1.165, 1.54) is 24.1 Å². The SMILES string of the molecule is CN(CC(=O)Nc1ccc(OC(F)(F)F)cc1)C(=O)CCc1c[nH]c2ccccc12. The van der Waals surface area contributed by atoms with E-state index in [1.807, 2.05) is 30.5 Å². The molecule has 1 aromatic heterocycles. The van der Waals surface area contributed by atoms with Gasteiger partial charge in [0.25, 0.3) is 0 Å². The van der Waals surface area contributed by atoms with Crippen LogP contribution in [0.5, 0.6) is 5.75 Å². The van der Waals surface area contributed by atoms with Gasteiger partial charge in [0.15, 0.2) is 0 Å².